The van der Waals surface area contributed by atoms with Gasteiger partial charge >= 0.3 is 0 Å². The molecule has 0 saturated heterocycles. The second kappa shape index (κ2) is 4.47. The van der Waals surface area contributed by atoms with E-state index in [-0.39, 0.29) is 5.41 Å². The molecular weight excluding hydrogens is 242 g/mol. The summed E-state index contributed by atoms with van der Waals surface area (Å²) in [6, 6.07) is 2.09. The first-order valence-corrected chi connectivity index (χ1v) is 8.39. The van der Waals surface area contributed by atoms with E-state index < -0.39 is 9.84 Å². The first kappa shape index (κ1) is 12.1. The lowest BCUT2D eigenvalue weighted by Gasteiger charge is -2.14. The Balaban J connectivity index is 1.78. The molecule has 0 amide bonds. The second-order valence-corrected chi connectivity index (χ2v) is 7.73. The smallest absolute Gasteiger partial charge is 0.148 e. The summed E-state index contributed by atoms with van der Waals surface area (Å²) < 4.78 is 22.5. The minimum absolute atomic E-state index is 0.0314. The molecule has 0 unspecified atom stereocenters. The number of hydrogen-bond acceptors (Lipinski definition) is 4. The molecule has 0 aliphatic heterocycles. The monoisotopic (exact) mass is 259 g/mol. The lowest BCUT2D eigenvalue weighted by atomic mass is 10.1. The Morgan fingerprint density at radius 2 is 2.25 bits per heavy atom. The van der Waals surface area contributed by atoms with Gasteiger partial charge in [-0.25, -0.2) is 8.42 Å². The van der Waals surface area contributed by atoms with Gasteiger partial charge in [-0.05, 0) is 40.6 Å². The van der Waals surface area contributed by atoms with Crippen LogP contribution in [0.5, 0.6) is 0 Å². The topological polar surface area (TPSA) is 46.2 Å². The highest BCUT2D eigenvalue weighted by molar-refractivity contribution is 7.90. The van der Waals surface area contributed by atoms with E-state index in [1.165, 1.54) is 11.8 Å². The summed E-state index contributed by atoms with van der Waals surface area (Å²) in [5.74, 6) is 0.330. The number of nitrogens with one attached hydrogen (secondary N) is 1. The molecule has 0 radical (unpaired) electrons. The van der Waals surface area contributed by atoms with Gasteiger partial charge in [0.05, 0.1) is 5.75 Å². The van der Waals surface area contributed by atoms with Crippen LogP contribution in [0.15, 0.2) is 16.8 Å². The van der Waals surface area contributed by atoms with Crippen molar-refractivity contribution in [2.45, 2.75) is 19.4 Å². The fraction of sp³-hybridized carbons (Fsp3) is 0.636. The minimum Gasteiger partial charge on any atom is -0.312 e. The van der Waals surface area contributed by atoms with Gasteiger partial charge in [-0.3, -0.25) is 0 Å². The highest BCUT2D eigenvalue weighted by Crippen LogP contribution is 2.46. The van der Waals surface area contributed by atoms with Gasteiger partial charge in [-0.1, -0.05) is 0 Å². The van der Waals surface area contributed by atoms with Crippen molar-refractivity contribution in [1.29, 1.82) is 0 Å². The number of thiophene rings is 1. The van der Waals surface area contributed by atoms with Gasteiger partial charge < -0.3 is 5.32 Å². The van der Waals surface area contributed by atoms with Crippen molar-refractivity contribution >= 4 is 21.2 Å². The van der Waals surface area contributed by atoms with Gasteiger partial charge in [0.1, 0.15) is 9.84 Å². The van der Waals surface area contributed by atoms with Gasteiger partial charge in [-0.15, -0.1) is 0 Å². The van der Waals surface area contributed by atoms with Crippen LogP contribution in [0, 0.1) is 5.41 Å². The Morgan fingerprint density at radius 1 is 1.50 bits per heavy atom. The summed E-state index contributed by atoms with van der Waals surface area (Å²) in [4.78, 5) is 0. The fourth-order valence-corrected chi connectivity index (χ4v) is 4.14. The molecule has 0 bridgehead atoms. The molecule has 3 nitrogen and oxygen atoms in total. The Hall–Kier alpha value is -0.390. The van der Waals surface area contributed by atoms with E-state index in [2.05, 4.69) is 22.1 Å². The zero-order chi connectivity index (χ0) is 11.6. The van der Waals surface area contributed by atoms with Gasteiger partial charge in [0.2, 0.25) is 0 Å². The third-order valence-corrected chi connectivity index (χ3v) is 4.80. The fourth-order valence-electron chi connectivity index (χ4n) is 1.97. The molecule has 1 saturated carbocycles. The number of hydrogen-bond donors (Lipinski definition) is 1. The molecule has 1 aliphatic carbocycles. The Labute approximate surface area is 101 Å². The highest BCUT2D eigenvalue weighted by Gasteiger charge is 2.44. The third-order valence-electron chi connectivity index (χ3n) is 2.93. The Kier molecular flexibility index (Phi) is 3.37. The molecule has 1 aromatic heterocycles. The van der Waals surface area contributed by atoms with Crippen molar-refractivity contribution in [1.82, 2.24) is 5.32 Å². The average Bonchev–Trinajstić information content (AvgIpc) is 2.72. The van der Waals surface area contributed by atoms with Crippen molar-refractivity contribution in [3.63, 3.8) is 0 Å². The van der Waals surface area contributed by atoms with Crippen LogP contribution in [0.4, 0.5) is 0 Å². The summed E-state index contributed by atoms with van der Waals surface area (Å²) in [7, 11) is -2.84. The summed E-state index contributed by atoms with van der Waals surface area (Å²) >= 11 is 1.69. The quantitative estimate of drug-likeness (QED) is 0.845. The molecule has 90 valence electrons. The van der Waals surface area contributed by atoms with Crippen LogP contribution >= 0.6 is 11.3 Å². The van der Waals surface area contributed by atoms with E-state index in [4.69, 9.17) is 0 Å². The molecule has 0 atom stereocenters. The molecule has 1 N–H and O–H groups in total. The van der Waals surface area contributed by atoms with Crippen molar-refractivity contribution in [2.24, 2.45) is 5.41 Å². The highest BCUT2D eigenvalue weighted by atomic mass is 32.2. The van der Waals surface area contributed by atoms with Gasteiger partial charge in [0.15, 0.2) is 0 Å². The normalized spacial score (nSPS) is 18.6. The van der Waals surface area contributed by atoms with Crippen LogP contribution in [-0.4, -0.2) is 27.0 Å². The lowest BCUT2D eigenvalue weighted by Crippen LogP contribution is -2.28. The van der Waals surface area contributed by atoms with Crippen molar-refractivity contribution in [2.75, 3.05) is 18.6 Å². The molecule has 1 aromatic rings. The predicted molar refractivity (Wildman–Crippen MR) is 67.4 cm³/mol. The average molecular weight is 259 g/mol. The zero-order valence-electron chi connectivity index (χ0n) is 9.40. The zero-order valence-corrected chi connectivity index (χ0v) is 11.0. The first-order valence-electron chi connectivity index (χ1n) is 5.39. The van der Waals surface area contributed by atoms with E-state index in [0.29, 0.717) is 5.75 Å². The molecule has 0 spiro atoms. The maximum Gasteiger partial charge on any atom is 0.148 e. The van der Waals surface area contributed by atoms with E-state index in [0.717, 1.165) is 25.9 Å². The summed E-state index contributed by atoms with van der Waals surface area (Å²) in [6.07, 6.45) is 3.40. The molecule has 16 heavy (non-hydrogen) atoms. The molecule has 1 heterocycles. The summed E-state index contributed by atoms with van der Waals surface area (Å²) in [6.45, 7) is 1.66. The molecular formula is C11H17NO2S2. The van der Waals surface area contributed by atoms with Gasteiger partial charge in [0, 0.05) is 19.3 Å². The molecule has 5 heteroatoms. The SMILES string of the molecule is CS(=O)(=O)CC1(CNCc2ccsc2)CC1. The van der Waals surface area contributed by atoms with Crippen LogP contribution in [0.1, 0.15) is 18.4 Å². The van der Waals surface area contributed by atoms with Crippen LogP contribution < -0.4 is 5.32 Å². The van der Waals surface area contributed by atoms with Crippen LogP contribution in [0.25, 0.3) is 0 Å². The second-order valence-electron chi connectivity index (χ2n) is 4.81. The predicted octanol–water partition coefficient (Wildman–Crippen LogP) is 1.66. The van der Waals surface area contributed by atoms with Crippen molar-refractivity contribution < 1.29 is 8.42 Å². The lowest BCUT2D eigenvalue weighted by molar-refractivity contribution is 0.492. The van der Waals surface area contributed by atoms with Crippen LogP contribution in [0.3, 0.4) is 0 Å². The Bertz CT molecular complexity index is 433. The first-order chi connectivity index (χ1) is 7.49. The van der Waals surface area contributed by atoms with Crippen molar-refractivity contribution in [3.05, 3.63) is 22.4 Å². The third kappa shape index (κ3) is 3.57. The summed E-state index contributed by atoms with van der Waals surface area (Å²) in [5.41, 5.74) is 1.31. The van der Waals surface area contributed by atoms with Gasteiger partial charge in [0.25, 0.3) is 0 Å². The standard InChI is InChI=1S/C11H17NO2S2/c1-16(13,14)9-11(3-4-11)8-12-6-10-2-5-15-7-10/h2,5,7,12H,3-4,6,8-9H2,1H3. The number of sulfone groups is 1. The largest absolute Gasteiger partial charge is 0.312 e. The van der Waals surface area contributed by atoms with E-state index in [9.17, 15) is 8.42 Å². The van der Waals surface area contributed by atoms with E-state index >= 15 is 0 Å². The molecule has 1 fully saturated rings. The van der Waals surface area contributed by atoms with E-state index in [1.807, 2.05) is 0 Å². The minimum atomic E-state index is -2.84. The molecule has 0 aromatic carbocycles. The summed E-state index contributed by atoms with van der Waals surface area (Å²) in [5, 5.41) is 7.53. The van der Waals surface area contributed by atoms with Gasteiger partial charge in [-0.2, -0.15) is 11.3 Å². The van der Waals surface area contributed by atoms with E-state index in [1.54, 1.807) is 11.3 Å². The van der Waals surface area contributed by atoms with Crippen LogP contribution in [-0.2, 0) is 16.4 Å². The molecule has 1 aliphatic rings. The Morgan fingerprint density at radius 3 is 2.75 bits per heavy atom. The maximum atomic E-state index is 11.3. The molecule has 2 rings (SSSR count). The number of rotatable bonds is 6. The van der Waals surface area contributed by atoms with Crippen molar-refractivity contribution in [3.8, 4) is 0 Å². The maximum absolute atomic E-state index is 11.3. The van der Waals surface area contributed by atoms with Crippen LogP contribution in [0.2, 0.25) is 0 Å².